The summed E-state index contributed by atoms with van der Waals surface area (Å²) in [4.78, 5) is 2.49. The van der Waals surface area contributed by atoms with Gasteiger partial charge in [0, 0.05) is 18.5 Å². The predicted molar refractivity (Wildman–Crippen MR) is 78.6 cm³/mol. The fraction of sp³-hybridized carbons (Fsp3) is 0.529. The Morgan fingerprint density at radius 2 is 2.00 bits per heavy atom. The number of morpholine rings is 1. The largest absolute Gasteiger partial charge is 0.460 e. The second kappa shape index (κ2) is 4.90. The Balaban J connectivity index is 1.50. The minimum absolute atomic E-state index is 0.143. The monoisotopic (exact) mass is 271 g/mol. The van der Waals surface area contributed by atoms with E-state index in [1.165, 1.54) is 31.1 Å². The third kappa shape index (κ3) is 2.25. The van der Waals surface area contributed by atoms with E-state index in [-0.39, 0.29) is 5.60 Å². The van der Waals surface area contributed by atoms with E-state index < -0.39 is 0 Å². The molecule has 2 fully saturated rings. The molecule has 0 atom stereocenters. The first-order valence-corrected chi connectivity index (χ1v) is 7.67. The fourth-order valence-electron chi connectivity index (χ4n) is 3.72. The van der Waals surface area contributed by atoms with Gasteiger partial charge in [0.1, 0.15) is 11.3 Å². The highest BCUT2D eigenvalue weighted by Gasteiger charge is 2.39. The molecule has 0 unspecified atom stereocenters. The lowest BCUT2D eigenvalue weighted by atomic mass is 10.00. The predicted octanol–water partition coefficient (Wildman–Crippen LogP) is 3.58. The van der Waals surface area contributed by atoms with Crippen molar-refractivity contribution in [1.82, 2.24) is 4.90 Å². The van der Waals surface area contributed by atoms with E-state index in [2.05, 4.69) is 23.1 Å². The van der Waals surface area contributed by atoms with Gasteiger partial charge in [0.25, 0.3) is 0 Å². The number of rotatable bonds is 2. The number of ether oxygens (including phenoxy) is 1. The van der Waals surface area contributed by atoms with Crippen molar-refractivity contribution in [3.8, 4) is 0 Å². The van der Waals surface area contributed by atoms with Crippen LogP contribution in [0.1, 0.15) is 31.4 Å². The van der Waals surface area contributed by atoms with Gasteiger partial charge in [-0.3, -0.25) is 4.90 Å². The summed E-state index contributed by atoms with van der Waals surface area (Å²) >= 11 is 0. The molecule has 3 nitrogen and oxygen atoms in total. The lowest BCUT2D eigenvalue weighted by Gasteiger charge is -2.40. The quantitative estimate of drug-likeness (QED) is 0.835. The highest BCUT2D eigenvalue weighted by Crippen LogP contribution is 2.36. The molecule has 1 spiro atoms. The van der Waals surface area contributed by atoms with Crippen LogP contribution in [0.25, 0.3) is 11.0 Å². The zero-order valence-electron chi connectivity index (χ0n) is 11.8. The topological polar surface area (TPSA) is 25.6 Å². The summed E-state index contributed by atoms with van der Waals surface area (Å²) in [5.74, 6) is 1.07. The van der Waals surface area contributed by atoms with Crippen LogP contribution < -0.4 is 0 Å². The highest BCUT2D eigenvalue weighted by atomic mass is 16.5. The van der Waals surface area contributed by atoms with Crippen molar-refractivity contribution in [3.63, 3.8) is 0 Å². The van der Waals surface area contributed by atoms with E-state index in [0.29, 0.717) is 0 Å². The van der Waals surface area contributed by atoms with Crippen LogP contribution in [0.5, 0.6) is 0 Å². The fourth-order valence-corrected chi connectivity index (χ4v) is 3.72. The van der Waals surface area contributed by atoms with Gasteiger partial charge in [0.15, 0.2) is 0 Å². The minimum atomic E-state index is 0.143. The van der Waals surface area contributed by atoms with Crippen molar-refractivity contribution in [2.24, 2.45) is 0 Å². The molecule has 0 bridgehead atoms. The van der Waals surface area contributed by atoms with Crippen molar-refractivity contribution < 1.29 is 9.15 Å². The third-order valence-corrected chi connectivity index (χ3v) is 4.70. The third-order valence-electron chi connectivity index (χ3n) is 4.70. The molecule has 0 radical (unpaired) electrons. The van der Waals surface area contributed by atoms with Crippen molar-refractivity contribution in [3.05, 3.63) is 36.1 Å². The first-order chi connectivity index (χ1) is 9.83. The molecule has 1 saturated heterocycles. The van der Waals surface area contributed by atoms with Gasteiger partial charge in [0.05, 0.1) is 18.8 Å². The Kier molecular flexibility index (Phi) is 3.04. The lowest BCUT2D eigenvalue weighted by molar-refractivity contribution is -0.107. The van der Waals surface area contributed by atoms with Crippen LogP contribution in [-0.4, -0.2) is 30.2 Å². The first kappa shape index (κ1) is 12.4. The van der Waals surface area contributed by atoms with Gasteiger partial charge in [-0.25, -0.2) is 0 Å². The molecular weight excluding hydrogens is 250 g/mol. The molecule has 1 aromatic heterocycles. The van der Waals surface area contributed by atoms with Crippen molar-refractivity contribution in [1.29, 1.82) is 0 Å². The summed E-state index contributed by atoms with van der Waals surface area (Å²) in [6.45, 7) is 3.84. The number of para-hydroxylation sites is 1. The average Bonchev–Trinajstić information content (AvgIpc) is 3.05. The van der Waals surface area contributed by atoms with E-state index in [1.807, 2.05) is 12.1 Å². The molecule has 1 saturated carbocycles. The zero-order valence-corrected chi connectivity index (χ0v) is 11.8. The van der Waals surface area contributed by atoms with Crippen LogP contribution in [-0.2, 0) is 11.3 Å². The maximum atomic E-state index is 6.08. The average molecular weight is 271 g/mol. The van der Waals surface area contributed by atoms with E-state index in [4.69, 9.17) is 9.15 Å². The summed E-state index contributed by atoms with van der Waals surface area (Å²) in [5, 5.41) is 1.20. The van der Waals surface area contributed by atoms with Gasteiger partial charge in [-0.1, -0.05) is 31.0 Å². The van der Waals surface area contributed by atoms with Gasteiger partial charge in [-0.05, 0) is 25.0 Å². The number of hydrogen-bond donors (Lipinski definition) is 0. The van der Waals surface area contributed by atoms with Crippen molar-refractivity contribution >= 4 is 11.0 Å². The summed E-state index contributed by atoms with van der Waals surface area (Å²) in [6.07, 6.45) is 5.09. The number of fused-ring (bicyclic) bond motifs is 1. The van der Waals surface area contributed by atoms with Gasteiger partial charge in [0.2, 0.25) is 0 Å². The second-order valence-electron chi connectivity index (χ2n) is 6.20. The lowest BCUT2D eigenvalue weighted by Crippen LogP contribution is -2.49. The minimum Gasteiger partial charge on any atom is -0.460 e. The van der Waals surface area contributed by atoms with E-state index >= 15 is 0 Å². The molecule has 106 valence electrons. The second-order valence-corrected chi connectivity index (χ2v) is 6.20. The summed E-state index contributed by atoms with van der Waals surface area (Å²) in [5.41, 5.74) is 1.14. The standard InChI is InChI=1S/C17H21NO2/c1-2-6-16-14(5-1)11-15(20-16)12-18-9-10-19-17(13-18)7-3-4-8-17/h1-2,5-6,11H,3-4,7-10,12-13H2. The van der Waals surface area contributed by atoms with Gasteiger partial charge < -0.3 is 9.15 Å². The Morgan fingerprint density at radius 1 is 1.15 bits per heavy atom. The van der Waals surface area contributed by atoms with Crippen LogP contribution in [0.3, 0.4) is 0 Å². The van der Waals surface area contributed by atoms with Crippen LogP contribution in [0.15, 0.2) is 34.7 Å². The summed E-state index contributed by atoms with van der Waals surface area (Å²) in [7, 11) is 0. The maximum Gasteiger partial charge on any atom is 0.134 e. The molecule has 0 amide bonds. The molecular formula is C17H21NO2. The number of hydrogen-bond acceptors (Lipinski definition) is 3. The van der Waals surface area contributed by atoms with E-state index in [9.17, 15) is 0 Å². The van der Waals surface area contributed by atoms with Crippen LogP contribution >= 0.6 is 0 Å². The smallest absolute Gasteiger partial charge is 0.134 e. The SMILES string of the molecule is c1ccc2oc(CN3CCOC4(CCCC4)C3)cc2c1. The Labute approximate surface area is 119 Å². The van der Waals surface area contributed by atoms with Crippen molar-refractivity contribution in [2.45, 2.75) is 37.8 Å². The van der Waals surface area contributed by atoms with Crippen LogP contribution in [0, 0.1) is 0 Å². The summed E-state index contributed by atoms with van der Waals surface area (Å²) < 4.78 is 12.0. The zero-order chi connectivity index (χ0) is 13.4. The number of furan rings is 1. The molecule has 1 aliphatic heterocycles. The Hall–Kier alpha value is -1.32. The number of nitrogens with zero attached hydrogens (tertiary/aromatic N) is 1. The molecule has 4 rings (SSSR count). The molecule has 2 aromatic rings. The van der Waals surface area contributed by atoms with Crippen LogP contribution in [0.2, 0.25) is 0 Å². The maximum absolute atomic E-state index is 6.08. The van der Waals surface area contributed by atoms with Gasteiger partial charge >= 0.3 is 0 Å². The number of benzene rings is 1. The van der Waals surface area contributed by atoms with Gasteiger partial charge in [-0.2, -0.15) is 0 Å². The van der Waals surface area contributed by atoms with E-state index in [1.54, 1.807) is 0 Å². The van der Waals surface area contributed by atoms with Crippen LogP contribution in [0.4, 0.5) is 0 Å². The highest BCUT2D eigenvalue weighted by molar-refractivity contribution is 5.77. The molecule has 0 N–H and O–H groups in total. The Bertz CT molecular complexity index is 565. The molecule has 1 aromatic carbocycles. The molecule has 1 aliphatic carbocycles. The molecule has 2 heterocycles. The van der Waals surface area contributed by atoms with Gasteiger partial charge in [-0.15, -0.1) is 0 Å². The molecule has 20 heavy (non-hydrogen) atoms. The molecule has 3 heteroatoms. The summed E-state index contributed by atoms with van der Waals surface area (Å²) in [6, 6.07) is 10.4. The van der Waals surface area contributed by atoms with E-state index in [0.717, 1.165) is 37.6 Å². The molecule has 2 aliphatic rings. The Morgan fingerprint density at radius 3 is 2.85 bits per heavy atom. The van der Waals surface area contributed by atoms with Crippen molar-refractivity contribution in [2.75, 3.05) is 19.7 Å². The normalized spacial score (nSPS) is 22.8. The first-order valence-electron chi connectivity index (χ1n) is 7.67.